The van der Waals surface area contributed by atoms with E-state index in [1.54, 1.807) is 6.07 Å². The maximum atomic E-state index is 14.1. The van der Waals surface area contributed by atoms with Gasteiger partial charge in [-0.3, -0.25) is 0 Å². The second-order valence-electron chi connectivity index (χ2n) is 7.77. The predicted molar refractivity (Wildman–Crippen MR) is 80.5 cm³/mol. The van der Waals surface area contributed by atoms with Gasteiger partial charge in [0.1, 0.15) is 11.6 Å². The molecule has 4 fully saturated rings. The highest BCUT2D eigenvalue weighted by atomic mass is 19.1. The second kappa shape index (κ2) is 4.70. The van der Waals surface area contributed by atoms with Gasteiger partial charge in [0.25, 0.3) is 0 Å². The smallest absolute Gasteiger partial charge is 0.131 e. The summed E-state index contributed by atoms with van der Waals surface area (Å²) in [5, 5.41) is 13.2. The molecule has 4 bridgehead atoms. The number of hydrogen-bond donors (Lipinski definition) is 2. The first-order valence-electron chi connectivity index (χ1n) is 8.26. The van der Waals surface area contributed by atoms with Gasteiger partial charge in [0, 0.05) is 23.7 Å². The highest BCUT2D eigenvalue weighted by Crippen LogP contribution is 2.55. The number of hydrogen-bond acceptors (Lipinski definition) is 2. The molecule has 1 aromatic carbocycles. The molecular formula is C18H24FNO. The second-order valence-corrected chi connectivity index (χ2v) is 7.77. The molecule has 4 saturated carbocycles. The minimum absolute atomic E-state index is 0.0172. The maximum absolute atomic E-state index is 14.1. The van der Waals surface area contributed by atoms with Gasteiger partial charge >= 0.3 is 0 Å². The molecule has 0 aliphatic heterocycles. The van der Waals surface area contributed by atoms with Crippen molar-refractivity contribution in [2.75, 3.05) is 0 Å². The molecule has 0 saturated heterocycles. The van der Waals surface area contributed by atoms with Crippen molar-refractivity contribution in [3.05, 3.63) is 29.1 Å². The van der Waals surface area contributed by atoms with Crippen LogP contribution in [0.1, 0.15) is 49.7 Å². The molecule has 2 N–H and O–H groups in total. The van der Waals surface area contributed by atoms with Crippen LogP contribution in [0.2, 0.25) is 0 Å². The van der Waals surface area contributed by atoms with E-state index in [1.165, 1.54) is 44.6 Å². The molecule has 0 atom stereocenters. The van der Waals surface area contributed by atoms with Crippen LogP contribution in [0.3, 0.4) is 0 Å². The minimum Gasteiger partial charge on any atom is -0.508 e. The van der Waals surface area contributed by atoms with Crippen LogP contribution < -0.4 is 5.32 Å². The lowest BCUT2D eigenvalue weighted by Crippen LogP contribution is -2.58. The van der Waals surface area contributed by atoms with Crippen molar-refractivity contribution in [2.45, 2.75) is 57.5 Å². The molecule has 3 heteroatoms. The van der Waals surface area contributed by atoms with E-state index < -0.39 is 0 Å². The third kappa shape index (κ3) is 2.36. The molecule has 0 amide bonds. The quantitative estimate of drug-likeness (QED) is 0.884. The van der Waals surface area contributed by atoms with Gasteiger partial charge in [0.15, 0.2) is 0 Å². The summed E-state index contributed by atoms with van der Waals surface area (Å²) in [5.41, 5.74) is 1.80. The zero-order valence-corrected chi connectivity index (χ0v) is 12.7. The van der Waals surface area contributed by atoms with E-state index in [9.17, 15) is 9.50 Å². The zero-order chi connectivity index (χ0) is 14.6. The Balaban J connectivity index is 1.52. The number of benzene rings is 1. The van der Waals surface area contributed by atoms with Gasteiger partial charge in [-0.15, -0.1) is 0 Å². The fraction of sp³-hybridized carbons (Fsp3) is 0.667. The predicted octanol–water partition coefficient (Wildman–Crippen LogP) is 3.90. The van der Waals surface area contributed by atoms with Crippen molar-refractivity contribution >= 4 is 0 Å². The Morgan fingerprint density at radius 3 is 2.24 bits per heavy atom. The first-order chi connectivity index (χ1) is 10.0. The average molecular weight is 289 g/mol. The minimum atomic E-state index is -0.287. The van der Waals surface area contributed by atoms with Crippen molar-refractivity contribution < 1.29 is 9.50 Å². The van der Waals surface area contributed by atoms with Crippen LogP contribution in [0.4, 0.5) is 4.39 Å². The lowest BCUT2D eigenvalue weighted by atomic mass is 9.53. The number of nitrogens with one attached hydrogen (secondary N) is 1. The highest BCUT2D eigenvalue weighted by Gasteiger charge is 2.50. The molecule has 21 heavy (non-hydrogen) atoms. The Kier molecular flexibility index (Phi) is 3.04. The van der Waals surface area contributed by atoms with E-state index in [0.29, 0.717) is 12.1 Å². The molecule has 0 unspecified atom stereocenters. The summed E-state index contributed by atoms with van der Waals surface area (Å²) in [6.45, 7) is 2.46. The molecule has 0 heterocycles. The number of halogens is 1. The van der Waals surface area contributed by atoms with Crippen LogP contribution in [0.25, 0.3) is 0 Å². The molecule has 0 aromatic heterocycles. The van der Waals surface area contributed by atoms with Crippen LogP contribution in [-0.2, 0) is 6.54 Å². The fourth-order valence-corrected chi connectivity index (χ4v) is 5.58. The molecule has 2 nitrogen and oxygen atoms in total. The van der Waals surface area contributed by atoms with E-state index in [4.69, 9.17) is 0 Å². The number of rotatable bonds is 3. The summed E-state index contributed by atoms with van der Waals surface area (Å²) in [7, 11) is 0. The molecule has 1 aromatic rings. The number of phenols is 1. The average Bonchev–Trinajstić information content (AvgIpc) is 2.35. The summed E-state index contributed by atoms with van der Waals surface area (Å²) in [4.78, 5) is 0. The summed E-state index contributed by atoms with van der Waals surface area (Å²) in [5.74, 6) is 2.42. The van der Waals surface area contributed by atoms with Crippen molar-refractivity contribution in [3.63, 3.8) is 0 Å². The first kappa shape index (κ1) is 13.6. The third-order valence-corrected chi connectivity index (χ3v) is 6.08. The Bertz CT molecular complexity index is 510. The van der Waals surface area contributed by atoms with Gasteiger partial charge in [-0.1, -0.05) is 0 Å². The van der Waals surface area contributed by atoms with Gasteiger partial charge in [-0.05, 0) is 74.8 Å². The van der Waals surface area contributed by atoms with E-state index in [-0.39, 0.29) is 17.1 Å². The van der Waals surface area contributed by atoms with E-state index in [2.05, 4.69) is 5.32 Å². The van der Waals surface area contributed by atoms with Crippen LogP contribution in [0, 0.1) is 30.5 Å². The monoisotopic (exact) mass is 289 g/mol. The van der Waals surface area contributed by atoms with E-state index in [0.717, 1.165) is 23.3 Å². The van der Waals surface area contributed by atoms with Gasteiger partial charge in [-0.25, -0.2) is 4.39 Å². The molecule has 114 valence electrons. The normalized spacial score (nSPS) is 37.1. The third-order valence-electron chi connectivity index (χ3n) is 6.08. The molecular weight excluding hydrogens is 265 g/mol. The van der Waals surface area contributed by atoms with Crippen molar-refractivity contribution in [1.29, 1.82) is 0 Å². The van der Waals surface area contributed by atoms with Gasteiger partial charge < -0.3 is 10.4 Å². The van der Waals surface area contributed by atoms with E-state index in [1.807, 2.05) is 6.92 Å². The van der Waals surface area contributed by atoms with Crippen LogP contribution in [0.5, 0.6) is 5.75 Å². The van der Waals surface area contributed by atoms with Gasteiger partial charge in [0.05, 0.1) is 0 Å². The number of phenolic OH excluding ortho intramolecular Hbond substituents is 1. The largest absolute Gasteiger partial charge is 0.508 e. The summed E-state index contributed by atoms with van der Waals surface area (Å²) < 4.78 is 14.1. The summed E-state index contributed by atoms with van der Waals surface area (Å²) in [6, 6.07) is 2.88. The zero-order valence-electron chi connectivity index (χ0n) is 12.7. The van der Waals surface area contributed by atoms with Gasteiger partial charge in [0.2, 0.25) is 0 Å². The fourth-order valence-electron chi connectivity index (χ4n) is 5.58. The van der Waals surface area contributed by atoms with Crippen LogP contribution in [0.15, 0.2) is 12.1 Å². The standard InChI is InChI=1S/C18H24FNO/c1-11-2-15(21)6-17(19)16(11)10-20-18-7-12-3-13(8-18)5-14(4-12)9-18/h2,6,12-14,20-21H,3-5,7-10H2,1H3. The first-order valence-corrected chi connectivity index (χ1v) is 8.26. The molecule has 0 spiro atoms. The van der Waals surface area contributed by atoms with Gasteiger partial charge in [-0.2, -0.15) is 0 Å². The number of aromatic hydroxyl groups is 1. The molecule has 4 aliphatic rings. The van der Waals surface area contributed by atoms with Crippen molar-refractivity contribution in [2.24, 2.45) is 17.8 Å². The molecule has 4 aliphatic carbocycles. The SMILES string of the molecule is Cc1cc(O)cc(F)c1CNC12CC3CC(CC(C3)C1)C2. The Labute approximate surface area is 125 Å². The van der Waals surface area contributed by atoms with Crippen molar-refractivity contribution in [1.82, 2.24) is 5.32 Å². The maximum Gasteiger partial charge on any atom is 0.131 e. The Hall–Kier alpha value is -1.09. The lowest BCUT2D eigenvalue weighted by molar-refractivity contribution is -0.0207. The van der Waals surface area contributed by atoms with Crippen LogP contribution >= 0.6 is 0 Å². The number of aryl methyl sites for hydroxylation is 1. The molecule has 5 rings (SSSR count). The Morgan fingerprint density at radius 1 is 1.14 bits per heavy atom. The van der Waals surface area contributed by atoms with E-state index >= 15 is 0 Å². The molecule has 0 radical (unpaired) electrons. The topological polar surface area (TPSA) is 32.3 Å². The summed E-state index contributed by atoms with van der Waals surface area (Å²) in [6.07, 6.45) is 8.10. The lowest BCUT2D eigenvalue weighted by Gasteiger charge is -2.57. The summed E-state index contributed by atoms with van der Waals surface area (Å²) >= 11 is 0. The van der Waals surface area contributed by atoms with Crippen LogP contribution in [-0.4, -0.2) is 10.6 Å². The Morgan fingerprint density at radius 2 is 1.71 bits per heavy atom. The highest BCUT2D eigenvalue weighted by molar-refractivity contribution is 5.35. The van der Waals surface area contributed by atoms with Crippen molar-refractivity contribution in [3.8, 4) is 5.75 Å².